The Morgan fingerprint density at radius 2 is 2.21 bits per heavy atom. The van der Waals surface area contributed by atoms with Crippen molar-refractivity contribution in [1.82, 2.24) is 0 Å². The van der Waals surface area contributed by atoms with E-state index < -0.39 is 5.67 Å². The Labute approximate surface area is 83.9 Å². The van der Waals surface area contributed by atoms with Crippen molar-refractivity contribution in [2.75, 3.05) is 13.2 Å². The van der Waals surface area contributed by atoms with E-state index in [1.807, 2.05) is 6.92 Å². The lowest BCUT2D eigenvalue weighted by molar-refractivity contribution is 0.202. The largest absolute Gasteiger partial charge is 0.494 e. The maximum Gasteiger partial charge on any atom is 0.145 e. The Balaban J connectivity index is 2.93. The highest BCUT2D eigenvalue weighted by Crippen LogP contribution is 2.26. The highest BCUT2D eigenvalue weighted by atomic mass is 19.1. The van der Waals surface area contributed by atoms with Crippen LogP contribution in [-0.4, -0.2) is 13.2 Å². The van der Waals surface area contributed by atoms with E-state index in [2.05, 4.69) is 0 Å². The van der Waals surface area contributed by atoms with E-state index in [-0.39, 0.29) is 6.54 Å². The summed E-state index contributed by atoms with van der Waals surface area (Å²) in [4.78, 5) is 0. The Bertz CT molecular complexity index is 299. The molecule has 0 amide bonds. The molecule has 0 bridgehead atoms. The third-order valence-electron chi connectivity index (χ3n) is 2.13. The number of hydrogen-bond donors (Lipinski definition) is 1. The van der Waals surface area contributed by atoms with Crippen LogP contribution in [-0.2, 0) is 5.67 Å². The van der Waals surface area contributed by atoms with E-state index >= 15 is 0 Å². The first kappa shape index (κ1) is 11.0. The number of rotatable bonds is 4. The topological polar surface area (TPSA) is 35.2 Å². The maximum atomic E-state index is 13.8. The van der Waals surface area contributed by atoms with Crippen LogP contribution >= 0.6 is 0 Å². The summed E-state index contributed by atoms with van der Waals surface area (Å²) >= 11 is 0. The quantitative estimate of drug-likeness (QED) is 0.803. The average Bonchev–Trinajstić information content (AvgIpc) is 2.19. The van der Waals surface area contributed by atoms with Gasteiger partial charge in [-0.3, -0.25) is 0 Å². The lowest BCUT2D eigenvalue weighted by Gasteiger charge is -2.19. The lowest BCUT2D eigenvalue weighted by Crippen LogP contribution is -2.26. The molecule has 0 aliphatic rings. The molecule has 0 saturated carbocycles. The fraction of sp³-hybridized carbons (Fsp3) is 0.455. The standard InChI is InChI=1S/C11H16FNO/c1-3-14-10-6-4-5-9(7-10)11(2,12)8-13/h4-7H,3,8,13H2,1-2H3. The van der Waals surface area contributed by atoms with Crippen molar-refractivity contribution in [3.05, 3.63) is 29.8 Å². The van der Waals surface area contributed by atoms with Crippen LogP contribution in [0.5, 0.6) is 5.75 Å². The van der Waals surface area contributed by atoms with Gasteiger partial charge in [0.15, 0.2) is 0 Å². The Hall–Kier alpha value is -1.09. The van der Waals surface area contributed by atoms with E-state index in [1.165, 1.54) is 6.92 Å². The maximum absolute atomic E-state index is 13.8. The number of benzene rings is 1. The third-order valence-corrected chi connectivity index (χ3v) is 2.13. The summed E-state index contributed by atoms with van der Waals surface area (Å²) in [6, 6.07) is 6.99. The van der Waals surface area contributed by atoms with Gasteiger partial charge in [-0.2, -0.15) is 0 Å². The zero-order chi connectivity index (χ0) is 10.6. The molecule has 0 spiro atoms. The summed E-state index contributed by atoms with van der Waals surface area (Å²) in [5, 5.41) is 0. The lowest BCUT2D eigenvalue weighted by atomic mass is 9.98. The van der Waals surface area contributed by atoms with Gasteiger partial charge in [0.1, 0.15) is 11.4 Å². The van der Waals surface area contributed by atoms with Crippen molar-refractivity contribution in [1.29, 1.82) is 0 Å². The second-order valence-corrected chi connectivity index (χ2v) is 3.36. The Morgan fingerprint density at radius 1 is 1.50 bits per heavy atom. The summed E-state index contributed by atoms with van der Waals surface area (Å²) in [6.45, 7) is 3.92. The van der Waals surface area contributed by atoms with Crippen molar-refractivity contribution in [3.63, 3.8) is 0 Å². The number of ether oxygens (including phenoxy) is 1. The van der Waals surface area contributed by atoms with E-state index in [0.717, 1.165) is 0 Å². The van der Waals surface area contributed by atoms with Gasteiger partial charge >= 0.3 is 0 Å². The first-order chi connectivity index (χ1) is 6.60. The molecule has 0 saturated heterocycles. The summed E-state index contributed by atoms with van der Waals surface area (Å²) in [6.07, 6.45) is 0. The van der Waals surface area contributed by atoms with Crippen LogP contribution in [0.15, 0.2) is 24.3 Å². The van der Waals surface area contributed by atoms with Crippen LogP contribution in [0.4, 0.5) is 4.39 Å². The molecule has 0 aliphatic carbocycles. The number of halogens is 1. The van der Waals surface area contributed by atoms with Crippen LogP contribution in [0.3, 0.4) is 0 Å². The summed E-state index contributed by atoms with van der Waals surface area (Å²) < 4.78 is 19.1. The minimum atomic E-state index is -1.48. The normalized spacial score (nSPS) is 14.9. The van der Waals surface area contributed by atoms with Gasteiger partial charge in [0.25, 0.3) is 0 Å². The van der Waals surface area contributed by atoms with Gasteiger partial charge in [-0.1, -0.05) is 12.1 Å². The van der Waals surface area contributed by atoms with Gasteiger partial charge < -0.3 is 10.5 Å². The molecule has 0 aromatic heterocycles. The molecule has 0 heterocycles. The van der Waals surface area contributed by atoms with Gasteiger partial charge in [-0.15, -0.1) is 0 Å². The molecule has 1 aromatic carbocycles. The first-order valence-corrected chi connectivity index (χ1v) is 4.72. The number of hydrogen-bond acceptors (Lipinski definition) is 2. The molecule has 3 heteroatoms. The third kappa shape index (κ3) is 2.45. The van der Waals surface area contributed by atoms with Gasteiger partial charge in [0, 0.05) is 6.54 Å². The van der Waals surface area contributed by atoms with Crippen LogP contribution in [0.25, 0.3) is 0 Å². The minimum Gasteiger partial charge on any atom is -0.494 e. The van der Waals surface area contributed by atoms with Crippen molar-refractivity contribution < 1.29 is 9.13 Å². The smallest absolute Gasteiger partial charge is 0.145 e. The molecule has 0 radical (unpaired) electrons. The van der Waals surface area contributed by atoms with E-state index in [0.29, 0.717) is 17.9 Å². The molecule has 1 unspecified atom stereocenters. The van der Waals surface area contributed by atoms with Gasteiger partial charge in [0.05, 0.1) is 6.61 Å². The number of nitrogens with two attached hydrogens (primary N) is 1. The summed E-state index contributed by atoms with van der Waals surface area (Å²) in [5.74, 6) is 0.683. The van der Waals surface area contributed by atoms with Crippen LogP contribution in [0.1, 0.15) is 19.4 Å². The van der Waals surface area contributed by atoms with Crippen LogP contribution < -0.4 is 10.5 Å². The van der Waals surface area contributed by atoms with Gasteiger partial charge in [-0.25, -0.2) is 4.39 Å². The molecule has 1 rings (SSSR count). The Kier molecular flexibility index (Phi) is 3.47. The molecule has 2 nitrogen and oxygen atoms in total. The van der Waals surface area contributed by atoms with Crippen molar-refractivity contribution in [2.45, 2.75) is 19.5 Å². The second-order valence-electron chi connectivity index (χ2n) is 3.36. The summed E-state index contributed by atoms with van der Waals surface area (Å²) in [7, 11) is 0. The zero-order valence-corrected chi connectivity index (χ0v) is 8.59. The molecule has 1 aromatic rings. The average molecular weight is 197 g/mol. The van der Waals surface area contributed by atoms with Crippen LogP contribution in [0.2, 0.25) is 0 Å². The predicted octanol–water partition coefficient (Wildman–Crippen LogP) is 2.23. The fourth-order valence-corrected chi connectivity index (χ4v) is 1.19. The predicted molar refractivity (Wildman–Crippen MR) is 55.1 cm³/mol. The molecule has 1 atom stereocenters. The highest BCUT2D eigenvalue weighted by Gasteiger charge is 2.23. The van der Waals surface area contributed by atoms with E-state index in [4.69, 9.17) is 10.5 Å². The van der Waals surface area contributed by atoms with Crippen molar-refractivity contribution in [3.8, 4) is 5.75 Å². The highest BCUT2D eigenvalue weighted by molar-refractivity contribution is 5.32. The van der Waals surface area contributed by atoms with Crippen molar-refractivity contribution >= 4 is 0 Å². The molecule has 0 aliphatic heterocycles. The van der Waals surface area contributed by atoms with Gasteiger partial charge in [-0.05, 0) is 31.5 Å². The van der Waals surface area contributed by atoms with E-state index in [1.54, 1.807) is 24.3 Å². The molecular weight excluding hydrogens is 181 g/mol. The SMILES string of the molecule is CCOc1cccc(C(C)(F)CN)c1. The molecular formula is C11H16FNO. The van der Waals surface area contributed by atoms with Crippen molar-refractivity contribution in [2.24, 2.45) is 5.73 Å². The van der Waals surface area contributed by atoms with Gasteiger partial charge in [0.2, 0.25) is 0 Å². The summed E-state index contributed by atoms with van der Waals surface area (Å²) in [5.41, 5.74) is 4.43. The second kappa shape index (κ2) is 4.42. The van der Waals surface area contributed by atoms with Crippen LogP contribution in [0, 0.1) is 0 Å². The molecule has 0 fully saturated rings. The van der Waals surface area contributed by atoms with E-state index in [9.17, 15) is 4.39 Å². The first-order valence-electron chi connectivity index (χ1n) is 4.72. The molecule has 14 heavy (non-hydrogen) atoms. The number of alkyl halides is 1. The molecule has 78 valence electrons. The molecule has 2 N–H and O–H groups in total. The Morgan fingerprint density at radius 3 is 2.79 bits per heavy atom. The fourth-order valence-electron chi connectivity index (χ4n) is 1.19. The minimum absolute atomic E-state index is 0.0252. The monoisotopic (exact) mass is 197 g/mol. The zero-order valence-electron chi connectivity index (χ0n) is 8.59.